The Morgan fingerprint density at radius 2 is 1.83 bits per heavy atom. The minimum absolute atomic E-state index is 0.115. The van der Waals surface area contributed by atoms with Crippen molar-refractivity contribution in [3.63, 3.8) is 0 Å². The van der Waals surface area contributed by atoms with E-state index in [0.29, 0.717) is 38.1 Å². The first-order valence-corrected chi connectivity index (χ1v) is 10.0. The summed E-state index contributed by atoms with van der Waals surface area (Å²) in [4.78, 5) is 11.3. The topological polar surface area (TPSA) is 62.6 Å². The number of rotatable bonds is 13. The number of carbonyl (C=O) groups is 1. The molecule has 0 aromatic carbocycles. The molecule has 0 aromatic rings. The van der Waals surface area contributed by atoms with Crippen LogP contribution in [-0.2, 0) is 14.1 Å². The summed E-state index contributed by atoms with van der Waals surface area (Å²) in [6, 6.07) is 3.04. The summed E-state index contributed by atoms with van der Waals surface area (Å²) in [5.41, 5.74) is 0. The Morgan fingerprint density at radius 1 is 1.17 bits per heavy atom. The van der Waals surface area contributed by atoms with Crippen LogP contribution in [0, 0.1) is 11.3 Å². The molecule has 0 aliphatic heterocycles. The number of hydrogen-bond donors (Lipinski definition) is 0. The maximum absolute atomic E-state index is 11.3. The normalized spacial score (nSPS) is 12.7. The van der Waals surface area contributed by atoms with Gasteiger partial charge in [-0.15, -0.1) is 0 Å². The lowest BCUT2D eigenvalue weighted by molar-refractivity contribution is -0.143. The minimum atomic E-state index is -0.729. The Kier molecular flexibility index (Phi) is 13.3. The first-order valence-electron chi connectivity index (χ1n) is 8.65. The van der Waals surface area contributed by atoms with Gasteiger partial charge < -0.3 is 9.26 Å². The van der Waals surface area contributed by atoms with Gasteiger partial charge in [0, 0.05) is 31.1 Å². The zero-order valence-corrected chi connectivity index (χ0v) is 16.3. The number of nitriles is 1. The van der Waals surface area contributed by atoms with Crippen molar-refractivity contribution in [2.24, 2.45) is 0 Å². The van der Waals surface area contributed by atoms with Gasteiger partial charge in [-0.2, -0.15) is 5.26 Å². The molecule has 0 heterocycles. The third-order valence-electron chi connectivity index (χ3n) is 3.30. The Bertz CT molecular complexity index is 348. The lowest BCUT2D eigenvalue weighted by Gasteiger charge is -2.37. The number of unbranched alkanes of at least 4 members (excludes halogenated alkanes) is 2. The fraction of sp³-hybridized carbons (Fsp3) is 0.882. The van der Waals surface area contributed by atoms with E-state index >= 15 is 0 Å². The molecule has 0 radical (unpaired) electrons. The fourth-order valence-corrected chi connectivity index (χ4v) is 4.61. The van der Waals surface area contributed by atoms with Gasteiger partial charge >= 0.3 is 5.97 Å². The van der Waals surface area contributed by atoms with E-state index in [9.17, 15) is 4.79 Å². The molecule has 0 aliphatic carbocycles. The van der Waals surface area contributed by atoms with Gasteiger partial charge in [0.2, 0.25) is 0 Å². The van der Waals surface area contributed by atoms with Gasteiger partial charge in [-0.1, -0.05) is 6.42 Å². The average molecular weight is 344 g/mol. The second-order valence-corrected chi connectivity index (χ2v) is 7.87. The van der Waals surface area contributed by atoms with E-state index in [0.717, 1.165) is 25.4 Å². The van der Waals surface area contributed by atoms with Crippen LogP contribution < -0.4 is 0 Å². The number of carbonyl (C=O) groups excluding carboxylic acids is 1. The van der Waals surface area contributed by atoms with Crippen molar-refractivity contribution >= 4 is 14.3 Å². The second-order valence-electron chi connectivity index (χ2n) is 6.00. The van der Waals surface area contributed by atoms with E-state index in [2.05, 4.69) is 38.4 Å². The van der Waals surface area contributed by atoms with Crippen LogP contribution in [0.1, 0.15) is 66.7 Å². The van der Waals surface area contributed by atoms with E-state index in [1.807, 2.05) is 6.92 Å². The molecule has 0 rings (SSSR count). The maximum Gasteiger partial charge on any atom is 0.305 e. The monoisotopic (exact) mass is 344 g/mol. The van der Waals surface area contributed by atoms with Crippen molar-refractivity contribution in [1.29, 1.82) is 5.26 Å². The standard InChI is InChI=1S/C17H33N2O3P/c1-6-21-17(20)11-8-7-9-13-22-23(14-10-12-18)19(15(2)3)16(4)5/h15-16H,6-11,13-14H2,1-5H3. The highest BCUT2D eigenvalue weighted by Crippen LogP contribution is 2.45. The van der Waals surface area contributed by atoms with Crippen molar-refractivity contribution in [3.8, 4) is 6.07 Å². The van der Waals surface area contributed by atoms with Crippen molar-refractivity contribution in [1.82, 2.24) is 4.67 Å². The van der Waals surface area contributed by atoms with E-state index in [1.54, 1.807) is 0 Å². The molecule has 0 saturated carbocycles. The number of hydrogen-bond acceptors (Lipinski definition) is 5. The SMILES string of the molecule is CCOC(=O)CCCCCOP(CCC#N)N(C(C)C)C(C)C. The Balaban J connectivity index is 4.15. The van der Waals surface area contributed by atoms with Gasteiger partial charge in [-0.05, 0) is 47.5 Å². The van der Waals surface area contributed by atoms with Crippen molar-refractivity contribution in [3.05, 3.63) is 0 Å². The van der Waals surface area contributed by atoms with Crippen molar-refractivity contribution in [2.45, 2.75) is 78.8 Å². The zero-order chi connectivity index (χ0) is 17.7. The molecule has 0 spiro atoms. The second kappa shape index (κ2) is 13.7. The molecule has 0 aliphatic rings. The summed E-state index contributed by atoms with van der Waals surface area (Å²) >= 11 is 0. The smallest absolute Gasteiger partial charge is 0.305 e. The third-order valence-corrected chi connectivity index (χ3v) is 5.83. The van der Waals surface area contributed by atoms with Crippen LogP contribution in [0.15, 0.2) is 0 Å². The summed E-state index contributed by atoms with van der Waals surface area (Å²) < 4.78 is 13.4. The van der Waals surface area contributed by atoms with Crippen LogP contribution in [0.5, 0.6) is 0 Å². The van der Waals surface area contributed by atoms with Crippen LogP contribution >= 0.6 is 8.30 Å². The average Bonchev–Trinajstić information content (AvgIpc) is 2.47. The fourth-order valence-electron chi connectivity index (χ4n) is 2.46. The molecule has 0 fully saturated rings. The molecule has 1 atom stereocenters. The van der Waals surface area contributed by atoms with Gasteiger partial charge in [0.1, 0.15) is 8.30 Å². The van der Waals surface area contributed by atoms with Crippen molar-refractivity contribution < 1.29 is 14.1 Å². The van der Waals surface area contributed by atoms with E-state index in [-0.39, 0.29) is 5.97 Å². The number of ether oxygens (including phenoxy) is 1. The lowest BCUT2D eigenvalue weighted by Crippen LogP contribution is -2.33. The Morgan fingerprint density at radius 3 is 2.35 bits per heavy atom. The van der Waals surface area contributed by atoms with Gasteiger partial charge in [-0.3, -0.25) is 9.46 Å². The summed E-state index contributed by atoms with van der Waals surface area (Å²) in [7, 11) is -0.729. The first kappa shape index (κ1) is 22.3. The quantitative estimate of drug-likeness (QED) is 0.280. The lowest BCUT2D eigenvalue weighted by atomic mass is 10.2. The van der Waals surface area contributed by atoms with Gasteiger partial charge in [0.05, 0.1) is 19.3 Å². The maximum atomic E-state index is 11.3. The molecule has 0 aromatic heterocycles. The predicted molar refractivity (Wildman–Crippen MR) is 95.2 cm³/mol. The molecular weight excluding hydrogens is 311 g/mol. The Labute approximate surface area is 143 Å². The largest absolute Gasteiger partial charge is 0.466 e. The Hall–Kier alpha value is -0.690. The van der Waals surface area contributed by atoms with Gasteiger partial charge in [0.25, 0.3) is 0 Å². The summed E-state index contributed by atoms with van der Waals surface area (Å²) in [5, 5.41) is 8.85. The first-order chi connectivity index (χ1) is 10.9. The summed E-state index contributed by atoms with van der Waals surface area (Å²) in [6.45, 7) is 11.6. The number of nitrogens with zero attached hydrogens (tertiary/aromatic N) is 2. The minimum Gasteiger partial charge on any atom is -0.466 e. The van der Waals surface area contributed by atoms with Gasteiger partial charge in [0.15, 0.2) is 0 Å². The third kappa shape index (κ3) is 10.7. The predicted octanol–water partition coefficient (Wildman–Crippen LogP) is 4.47. The molecular formula is C17H33N2O3P. The molecule has 0 N–H and O–H groups in total. The van der Waals surface area contributed by atoms with Crippen LogP contribution in [0.3, 0.4) is 0 Å². The van der Waals surface area contributed by atoms with E-state index in [4.69, 9.17) is 14.5 Å². The van der Waals surface area contributed by atoms with Crippen LogP contribution in [0.25, 0.3) is 0 Å². The molecule has 0 bridgehead atoms. The van der Waals surface area contributed by atoms with Crippen LogP contribution in [0.2, 0.25) is 0 Å². The van der Waals surface area contributed by atoms with Crippen molar-refractivity contribution in [2.75, 3.05) is 19.4 Å². The van der Waals surface area contributed by atoms with E-state index in [1.165, 1.54) is 0 Å². The summed E-state index contributed by atoms with van der Waals surface area (Å²) in [6.07, 6.45) is 4.56. The highest BCUT2D eigenvalue weighted by atomic mass is 31.2. The van der Waals surface area contributed by atoms with Gasteiger partial charge in [-0.25, -0.2) is 0 Å². The molecule has 0 saturated heterocycles. The zero-order valence-electron chi connectivity index (χ0n) is 15.4. The molecule has 1 unspecified atom stereocenters. The van der Waals surface area contributed by atoms with E-state index < -0.39 is 8.30 Å². The highest BCUT2D eigenvalue weighted by molar-refractivity contribution is 7.50. The molecule has 0 amide bonds. The molecule has 134 valence electrons. The molecule has 23 heavy (non-hydrogen) atoms. The van der Waals surface area contributed by atoms with Crippen LogP contribution in [-0.4, -0.2) is 42.1 Å². The summed E-state index contributed by atoms with van der Waals surface area (Å²) in [5.74, 6) is -0.115. The van der Waals surface area contributed by atoms with Crippen LogP contribution in [0.4, 0.5) is 0 Å². The highest BCUT2D eigenvalue weighted by Gasteiger charge is 2.24. The molecule has 6 heteroatoms. The molecule has 5 nitrogen and oxygen atoms in total. The number of esters is 1.